The fourth-order valence-corrected chi connectivity index (χ4v) is 1.58. The molecule has 2 N–H and O–H groups in total. The van der Waals surface area contributed by atoms with Gasteiger partial charge < -0.3 is 20.0 Å². The number of carbonyl (C=O) groups is 3. The van der Waals surface area contributed by atoms with E-state index in [0.717, 1.165) is 0 Å². The average molecular weight is 344 g/mol. The molecule has 0 fully saturated rings. The third-order valence-corrected chi connectivity index (χ3v) is 2.33. The maximum atomic E-state index is 12.4. The third kappa shape index (κ3) is 9.54. The van der Waals surface area contributed by atoms with E-state index in [1.165, 1.54) is 6.08 Å². The number of allylic oxidation sites excluding steroid dienone is 1. The number of hydrogen-bond donors (Lipinski definition) is 2. The van der Waals surface area contributed by atoms with E-state index in [1.807, 2.05) is 0 Å². The van der Waals surface area contributed by atoms with Gasteiger partial charge in [0.1, 0.15) is 11.6 Å². The Kier molecular flexibility index (Phi) is 7.56. The number of rotatable bonds is 7. The largest absolute Gasteiger partial charge is 0.481 e. The highest BCUT2D eigenvalue weighted by atomic mass is 16.7. The van der Waals surface area contributed by atoms with Crippen LogP contribution in [0, 0.1) is 10.3 Å². The highest BCUT2D eigenvalue weighted by molar-refractivity contribution is 6.01. The zero-order chi connectivity index (χ0) is 19.1. The van der Waals surface area contributed by atoms with Crippen molar-refractivity contribution in [1.82, 2.24) is 5.32 Å². The fourth-order valence-electron chi connectivity index (χ4n) is 1.58. The van der Waals surface area contributed by atoms with E-state index in [1.54, 1.807) is 41.5 Å². The Balaban J connectivity index is 5.44. The maximum absolute atomic E-state index is 12.4. The van der Waals surface area contributed by atoms with Gasteiger partial charge in [-0.2, -0.15) is 0 Å². The Morgan fingerprint density at radius 3 is 2.08 bits per heavy atom. The first-order chi connectivity index (χ1) is 10.7. The molecule has 0 aliphatic rings. The van der Waals surface area contributed by atoms with Gasteiger partial charge in [0.2, 0.25) is 11.5 Å². The minimum Gasteiger partial charge on any atom is -0.481 e. The second kappa shape index (κ2) is 8.42. The van der Waals surface area contributed by atoms with Crippen molar-refractivity contribution in [3.05, 3.63) is 16.7 Å². The summed E-state index contributed by atoms with van der Waals surface area (Å²) >= 11 is 0. The van der Waals surface area contributed by atoms with Gasteiger partial charge in [0.15, 0.2) is 5.34 Å². The quantitative estimate of drug-likeness (QED) is 0.314. The standard InChI is InChI=1S/C15H24N2O7/c1-14(2,3)8-10(24-17-22)12(20)9(7-11(18)19)16-13(21)23-15(4,5)6/h8-9H,7H2,1-6H3,(H,16,21)(H,18,19)/t9-/m0/s1. The van der Waals surface area contributed by atoms with Crippen LogP contribution in [-0.4, -0.2) is 34.6 Å². The van der Waals surface area contributed by atoms with Crippen LogP contribution in [0.2, 0.25) is 0 Å². The molecule has 0 saturated heterocycles. The molecule has 0 heterocycles. The lowest BCUT2D eigenvalue weighted by Crippen LogP contribution is -2.45. The molecule has 1 atom stereocenters. The molecule has 0 radical (unpaired) electrons. The summed E-state index contributed by atoms with van der Waals surface area (Å²) in [4.78, 5) is 50.0. The number of hydrogen-bond acceptors (Lipinski definition) is 7. The number of aliphatic carboxylic acids is 1. The number of alkyl carbamates (subject to hydrolysis) is 1. The zero-order valence-corrected chi connectivity index (χ0v) is 14.7. The molecule has 9 heteroatoms. The van der Waals surface area contributed by atoms with E-state index in [-0.39, 0.29) is 0 Å². The summed E-state index contributed by atoms with van der Waals surface area (Å²) in [6.07, 6.45) is -0.347. The van der Waals surface area contributed by atoms with Crippen molar-refractivity contribution in [2.75, 3.05) is 0 Å². The fraction of sp³-hybridized carbons (Fsp3) is 0.667. The van der Waals surface area contributed by atoms with Crippen molar-refractivity contribution in [2.45, 2.75) is 59.6 Å². The van der Waals surface area contributed by atoms with Gasteiger partial charge in [0.05, 0.1) is 6.42 Å². The Bertz CT molecular complexity index is 527. The number of carboxylic acids is 1. The van der Waals surface area contributed by atoms with Crippen LogP contribution in [-0.2, 0) is 19.2 Å². The van der Waals surface area contributed by atoms with Crippen molar-refractivity contribution >= 4 is 17.8 Å². The van der Waals surface area contributed by atoms with Crippen LogP contribution in [0.4, 0.5) is 4.79 Å². The second-order valence-electron chi connectivity index (χ2n) is 7.20. The van der Waals surface area contributed by atoms with E-state index < -0.39 is 47.1 Å². The molecular weight excluding hydrogens is 320 g/mol. The summed E-state index contributed by atoms with van der Waals surface area (Å²) in [7, 11) is 0. The van der Waals surface area contributed by atoms with Gasteiger partial charge in [-0.3, -0.25) is 9.59 Å². The van der Waals surface area contributed by atoms with Gasteiger partial charge in [-0.05, 0) is 32.3 Å². The summed E-state index contributed by atoms with van der Waals surface area (Å²) in [5.41, 5.74) is -1.37. The molecule has 0 unspecified atom stereocenters. The second-order valence-corrected chi connectivity index (χ2v) is 7.20. The highest BCUT2D eigenvalue weighted by Gasteiger charge is 2.31. The molecule has 9 nitrogen and oxygen atoms in total. The molecule has 0 aliphatic heterocycles. The lowest BCUT2D eigenvalue weighted by molar-refractivity contribution is -0.139. The predicted molar refractivity (Wildman–Crippen MR) is 84.8 cm³/mol. The molecule has 0 aliphatic carbocycles. The minimum absolute atomic E-state index is 0.445. The Hall–Kier alpha value is -2.45. The third-order valence-electron chi connectivity index (χ3n) is 2.33. The number of Topliss-reactive ketones (excluding diaryl/α,β-unsaturated/α-hetero) is 1. The number of amides is 1. The average Bonchev–Trinajstić information content (AvgIpc) is 2.32. The Labute approximate surface area is 140 Å². The normalized spacial score (nSPS) is 13.7. The molecule has 0 bridgehead atoms. The first kappa shape index (κ1) is 21.6. The minimum atomic E-state index is -1.47. The Morgan fingerprint density at radius 2 is 1.71 bits per heavy atom. The SMILES string of the molecule is CC(C)(C)C=C(ON=O)C(=O)[C@H](CC(=O)O)NC(=O)OC(C)(C)C. The maximum Gasteiger partial charge on any atom is 0.408 e. The van der Waals surface area contributed by atoms with E-state index in [0.29, 0.717) is 0 Å². The Morgan fingerprint density at radius 1 is 1.17 bits per heavy atom. The van der Waals surface area contributed by atoms with E-state index in [4.69, 9.17) is 9.84 Å². The van der Waals surface area contributed by atoms with Crippen LogP contribution in [0.3, 0.4) is 0 Å². The lowest BCUT2D eigenvalue weighted by atomic mass is 9.94. The smallest absolute Gasteiger partial charge is 0.408 e. The highest BCUT2D eigenvalue weighted by Crippen LogP contribution is 2.20. The first-order valence-corrected chi connectivity index (χ1v) is 7.23. The van der Waals surface area contributed by atoms with Crippen LogP contribution in [0.25, 0.3) is 0 Å². The number of ether oxygens (including phenoxy) is 1. The molecule has 0 rings (SSSR count). The van der Waals surface area contributed by atoms with Gasteiger partial charge in [0, 0.05) is 0 Å². The topological polar surface area (TPSA) is 131 Å². The molecule has 0 aromatic heterocycles. The predicted octanol–water partition coefficient (Wildman–Crippen LogP) is 2.55. The van der Waals surface area contributed by atoms with Gasteiger partial charge in [0.25, 0.3) is 0 Å². The number of nitrogens with one attached hydrogen (secondary N) is 1. The van der Waals surface area contributed by atoms with Crippen LogP contribution < -0.4 is 5.32 Å². The van der Waals surface area contributed by atoms with Crippen LogP contribution in [0.5, 0.6) is 0 Å². The zero-order valence-electron chi connectivity index (χ0n) is 14.7. The van der Waals surface area contributed by atoms with Gasteiger partial charge >= 0.3 is 12.1 Å². The summed E-state index contributed by atoms with van der Waals surface area (Å²) in [5, 5.41) is 13.3. The first-order valence-electron chi connectivity index (χ1n) is 7.23. The molecule has 0 aromatic carbocycles. The summed E-state index contributed by atoms with van der Waals surface area (Å²) in [6, 6.07) is -1.47. The summed E-state index contributed by atoms with van der Waals surface area (Å²) in [5.74, 6) is -2.66. The van der Waals surface area contributed by atoms with E-state index in [9.17, 15) is 19.3 Å². The van der Waals surface area contributed by atoms with Crippen molar-refractivity contribution < 1.29 is 29.1 Å². The van der Waals surface area contributed by atoms with Crippen molar-refractivity contribution in [3.63, 3.8) is 0 Å². The summed E-state index contributed by atoms with van der Waals surface area (Å²) < 4.78 is 5.00. The van der Waals surface area contributed by atoms with Crippen LogP contribution in [0.15, 0.2) is 17.2 Å². The molecule has 0 spiro atoms. The molecule has 24 heavy (non-hydrogen) atoms. The van der Waals surface area contributed by atoms with Crippen LogP contribution in [0.1, 0.15) is 48.0 Å². The van der Waals surface area contributed by atoms with Crippen molar-refractivity contribution in [1.29, 1.82) is 0 Å². The van der Waals surface area contributed by atoms with Crippen molar-refractivity contribution in [3.8, 4) is 0 Å². The number of carbonyl (C=O) groups excluding carboxylic acids is 2. The van der Waals surface area contributed by atoms with E-state index >= 15 is 0 Å². The lowest BCUT2D eigenvalue weighted by Gasteiger charge is -2.23. The number of nitrogens with zero attached hydrogens (tertiary/aromatic N) is 1. The molecule has 1 amide bonds. The van der Waals surface area contributed by atoms with Gasteiger partial charge in [-0.25, -0.2) is 4.79 Å². The number of carboxylic acid groups (broad SMARTS) is 1. The van der Waals surface area contributed by atoms with Gasteiger partial charge in [-0.15, -0.1) is 4.91 Å². The monoisotopic (exact) mass is 344 g/mol. The summed E-state index contributed by atoms with van der Waals surface area (Å²) in [6.45, 7) is 10.1. The van der Waals surface area contributed by atoms with Crippen molar-refractivity contribution in [2.24, 2.45) is 10.8 Å². The molecular formula is C15H24N2O7. The van der Waals surface area contributed by atoms with Gasteiger partial charge in [-0.1, -0.05) is 20.8 Å². The number of ketones is 1. The molecule has 136 valence electrons. The van der Waals surface area contributed by atoms with Crippen LogP contribution >= 0.6 is 0 Å². The molecule has 0 saturated carbocycles. The molecule has 0 aromatic rings. The van der Waals surface area contributed by atoms with E-state index in [2.05, 4.69) is 15.5 Å².